The molecule has 2 N–H and O–H groups in total. The van der Waals surface area contributed by atoms with Crippen molar-refractivity contribution >= 4 is 6.08 Å². The third kappa shape index (κ3) is 4.19. The molecule has 1 aromatic carbocycles. The van der Waals surface area contributed by atoms with Crippen molar-refractivity contribution in [1.29, 1.82) is 0 Å². The minimum atomic E-state index is -1.53. The van der Waals surface area contributed by atoms with Gasteiger partial charge in [0.05, 0.1) is 13.1 Å². The fourth-order valence-electron chi connectivity index (χ4n) is 2.79. The molecule has 2 heteroatoms. The third-order valence-electron chi connectivity index (χ3n) is 4.01. The average Bonchev–Trinajstić information content (AvgIpc) is 2.46. The van der Waals surface area contributed by atoms with E-state index in [-0.39, 0.29) is 0 Å². The molecule has 0 aromatic heterocycles. The summed E-state index contributed by atoms with van der Waals surface area (Å²) in [6.45, 7) is 1.96. The summed E-state index contributed by atoms with van der Waals surface area (Å²) in [5.41, 5.74) is 0.852. The maximum atomic E-state index is 10.5. The van der Waals surface area contributed by atoms with Gasteiger partial charge in [0.15, 0.2) is 0 Å². The maximum Gasteiger partial charge on any atom is 0.0830 e. The second-order valence-corrected chi connectivity index (χ2v) is 5.82. The molecule has 1 atom stereocenters. The zero-order valence-corrected chi connectivity index (χ0v) is 12.3. The number of aliphatic hydroxyl groups is 2. The van der Waals surface area contributed by atoms with E-state index < -0.39 is 11.7 Å². The molecule has 0 amide bonds. The largest absolute Gasteiger partial charge is 0.388 e. The standard InChI is InChI=1S/C18H26O2/c1-2-7-17(19)16-9-6-8-15(14-16)10-13-18(20)11-4-3-5-12-18/h6,8-10,13-14,17,19-20H,2-5,7,11-12H2,1H3/b13-10+/i17D. The van der Waals surface area contributed by atoms with Crippen molar-refractivity contribution in [3.8, 4) is 0 Å². The van der Waals surface area contributed by atoms with Crippen LogP contribution in [-0.4, -0.2) is 15.8 Å². The molecule has 0 saturated heterocycles. The Morgan fingerprint density at radius 3 is 2.80 bits per heavy atom. The van der Waals surface area contributed by atoms with Crippen LogP contribution in [0.2, 0.25) is 0 Å². The molecule has 0 aliphatic heterocycles. The molecule has 2 rings (SSSR count). The lowest BCUT2D eigenvalue weighted by atomic mass is 9.84. The van der Waals surface area contributed by atoms with Gasteiger partial charge in [0.25, 0.3) is 0 Å². The van der Waals surface area contributed by atoms with Gasteiger partial charge in [0.1, 0.15) is 0 Å². The van der Waals surface area contributed by atoms with Crippen LogP contribution < -0.4 is 0 Å². The molecule has 1 aromatic rings. The van der Waals surface area contributed by atoms with E-state index in [0.717, 1.165) is 37.7 Å². The maximum absolute atomic E-state index is 10.5. The van der Waals surface area contributed by atoms with Crippen molar-refractivity contribution in [3.63, 3.8) is 0 Å². The predicted molar refractivity (Wildman–Crippen MR) is 83.4 cm³/mol. The Kier molecular flexibility index (Phi) is 4.88. The molecule has 1 fully saturated rings. The highest BCUT2D eigenvalue weighted by molar-refractivity contribution is 5.52. The number of benzene rings is 1. The first-order chi connectivity index (χ1) is 9.95. The molecule has 0 bridgehead atoms. The highest BCUT2D eigenvalue weighted by Crippen LogP contribution is 2.30. The number of hydrogen-bond donors (Lipinski definition) is 2. The summed E-state index contributed by atoms with van der Waals surface area (Å²) in [4.78, 5) is 0. The van der Waals surface area contributed by atoms with Crippen molar-refractivity contribution in [2.24, 2.45) is 0 Å². The van der Waals surface area contributed by atoms with Crippen molar-refractivity contribution < 1.29 is 11.6 Å². The van der Waals surface area contributed by atoms with Gasteiger partial charge in [-0.3, -0.25) is 0 Å². The van der Waals surface area contributed by atoms with Crippen LogP contribution in [0.15, 0.2) is 30.3 Å². The van der Waals surface area contributed by atoms with Gasteiger partial charge >= 0.3 is 0 Å². The van der Waals surface area contributed by atoms with Gasteiger partial charge in [-0.15, -0.1) is 0 Å². The Morgan fingerprint density at radius 1 is 1.35 bits per heavy atom. The first-order valence-electron chi connectivity index (χ1n) is 8.20. The molecule has 0 heterocycles. The summed E-state index contributed by atoms with van der Waals surface area (Å²) in [5.74, 6) is 0. The smallest absolute Gasteiger partial charge is 0.0830 e. The van der Waals surface area contributed by atoms with Crippen LogP contribution in [-0.2, 0) is 0 Å². The van der Waals surface area contributed by atoms with Crippen LogP contribution in [0.4, 0.5) is 0 Å². The third-order valence-corrected chi connectivity index (χ3v) is 4.01. The topological polar surface area (TPSA) is 40.5 Å². The van der Waals surface area contributed by atoms with Gasteiger partial charge in [0, 0.05) is 0 Å². The lowest BCUT2D eigenvalue weighted by Gasteiger charge is -2.28. The van der Waals surface area contributed by atoms with Crippen LogP contribution in [0.5, 0.6) is 0 Å². The van der Waals surface area contributed by atoms with Gasteiger partial charge in [-0.1, -0.05) is 63.0 Å². The summed E-state index contributed by atoms with van der Waals surface area (Å²) < 4.78 is 8.01. The second-order valence-electron chi connectivity index (χ2n) is 5.82. The van der Waals surface area contributed by atoms with E-state index in [0.29, 0.717) is 12.0 Å². The van der Waals surface area contributed by atoms with Gasteiger partial charge in [-0.25, -0.2) is 0 Å². The van der Waals surface area contributed by atoms with Gasteiger partial charge in [-0.05, 0) is 36.5 Å². The predicted octanol–water partition coefficient (Wildman–Crippen LogP) is 4.23. The molecule has 1 unspecified atom stereocenters. The second kappa shape index (κ2) is 7.05. The lowest BCUT2D eigenvalue weighted by molar-refractivity contribution is 0.0521. The summed E-state index contributed by atoms with van der Waals surface area (Å²) in [6.07, 6.45) is 8.44. The van der Waals surface area contributed by atoms with E-state index in [1.165, 1.54) is 6.42 Å². The quantitative estimate of drug-likeness (QED) is 0.844. The van der Waals surface area contributed by atoms with Crippen LogP contribution in [0.1, 0.15) is 70.4 Å². The molecule has 0 radical (unpaired) electrons. The molecular weight excluding hydrogens is 248 g/mol. The first-order valence-corrected chi connectivity index (χ1v) is 7.70. The van der Waals surface area contributed by atoms with Crippen molar-refractivity contribution in [1.82, 2.24) is 0 Å². The molecule has 1 aliphatic rings. The van der Waals surface area contributed by atoms with E-state index in [1.807, 2.05) is 37.3 Å². The van der Waals surface area contributed by atoms with E-state index in [1.54, 1.807) is 6.07 Å². The molecule has 20 heavy (non-hydrogen) atoms. The molecule has 110 valence electrons. The highest BCUT2D eigenvalue weighted by Gasteiger charge is 2.25. The summed E-state index contributed by atoms with van der Waals surface area (Å²) in [6, 6.07) is 7.42. The summed E-state index contributed by atoms with van der Waals surface area (Å²) >= 11 is 0. The number of hydrogen-bond acceptors (Lipinski definition) is 2. The average molecular weight is 275 g/mol. The van der Waals surface area contributed by atoms with Gasteiger partial charge in [-0.2, -0.15) is 0 Å². The Labute approximate surface area is 123 Å². The molecule has 2 nitrogen and oxygen atoms in total. The van der Waals surface area contributed by atoms with Crippen LogP contribution >= 0.6 is 0 Å². The van der Waals surface area contributed by atoms with E-state index >= 15 is 0 Å². The fourth-order valence-corrected chi connectivity index (χ4v) is 2.79. The lowest BCUT2D eigenvalue weighted by Crippen LogP contribution is -2.28. The van der Waals surface area contributed by atoms with E-state index in [4.69, 9.17) is 1.37 Å². The molecule has 0 spiro atoms. The monoisotopic (exact) mass is 275 g/mol. The normalized spacial score (nSPS) is 22.4. The highest BCUT2D eigenvalue weighted by atomic mass is 16.3. The molecule has 1 aliphatic carbocycles. The van der Waals surface area contributed by atoms with Crippen LogP contribution in [0, 0.1) is 0 Å². The SMILES string of the molecule is [2H]C(O)(CCC)c1cccc(/C=C/C2(O)CCCCC2)c1. The van der Waals surface area contributed by atoms with Crippen molar-refractivity contribution in [3.05, 3.63) is 41.5 Å². The molecule has 1 saturated carbocycles. The van der Waals surface area contributed by atoms with Crippen molar-refractivity contribution in [2.45, 2.75) is 63.6 Å². The zero-order chi connectivity index (χ0) is 15.3. The van der Waals surface area contributed by atoms with Crippen molar-refractivity contribution in [2.75, 3.05) is 0 Å². The first kappa shape index (κ1) is 13.8. The van der Waals surface area contributed by atoms with Gasteiger partial charge in [0.2, 0.25) is 0 Å². The zero-order valence-electron chi connectivity index (χ0n) is 13.3. The van der Waals surface area contributed by atoms with E-state index in [2.05, 4.69) is 0 Å². The molecular formula is C18H26O2. The summed E-state index contributed by atoms with van der Waals surface area (Å²) in [5, 5.41) is 20.6. The fraction of sp³-hybridized carbons (Fsp3) is 0.556. The van der Waals surface area contributed by atoms with Crippen LogP contribution in [0.25, 0.3) is 6.08 Å². The minimum Gasteiger partial charge on any atom is -0.388 e. The Balaban J connectivity index is 2.14. The Bertz CT molecular complexity index is 488. The number of rotatable bonds is 5. The Hall–Kier alpha value is -1.12. The van der Waals surface area contributed by atoms with Gasteiger partial charge < -0.3 is 10.2 Å². The Morgan fingerprint density at radius 2 is 2.10 bits per heavy atom. The minimum absolute atomic E-state index is 0.421. The van der Waals surface area contributed by atoms with E-state index in [9.17, 15) is 10.2 Å². The summed E-state index contributed by atoms with van der Waals surface area (Å²) in [7, 11) is 0. The van der Waals surface area contributed by atoms with Crippen LogP contribution in [0.3, 0.4) is 0 Å².